The zero-order valence-electron chi connectivity index (χ0n) is 15.6. The molecular weight excluding hydrogens is 316 g/mol. The van der Waals surface area contributed by atoms with Gasteiger partial charge in [0.15, 0.2) is 0 Å². The normalized spacial score (nSPS) is 14.3. The maximum Gasteiger partial charge on any atom is 0.256 e. The average Bonchev–Trinajstić information content (AvgIpc) is 2.59. The molecule has 0 bridgehead atoms. The Balaban J connectivity index is 2.26. The Bertz CT molecular complexity index is 665. The zero-order chi connectivity index (χ0) is 18.4. The largest absolute Gasteiger partial charge is 0.498 e. The number of carbonyl (C=O) groups excluding carboxylic acids is 2. The standard InChI is InChI=1S/C20H28N2O3/c1-5-12-22(14(2)3)20(24)17-9-6-7-11-18(17)21-19(23)16-10-8-13-25-15(16)4/h6-7,9,11,14H,5,8,10,12-13H2,1-4H3,(H,21,23). The monoisotopic (exact) mass is 344 g/mol. The van der Waals surface area contributed by atoms with Gasteiger partial charge in [-0.15, -0.1) is 0 Å². The van der Waals surface area contributed by atoms with E-state index in [1.165, 1.54) is 0 Å². The highest BCUT2D eigenvalue weighted by Crippen LogP contribution is 2.23. The number of nitrogens with one attached hydrogen (secondary N) is 1. The third kappa shape index (κ3) is 4.62. The summed E-state index contributed by atoms with van der Waals surface area (Å²) < 4.78 is 5.47. The molecule has 5 nitrogen and oxygen atoms in total. The minimum atomic E-state index is -0.191. The number of carbonyl (C=O) groups is 2. The minimum Gasteiger partial charge on any atom is -0.498 e. The maximum absolute atomic E-state index is 13.0. The number of amides is 2. The lowest BCUT2D eigenvalue weighted by Gasteiger charge is -2.27. The SMILES string of the molecule is CCCN(C(=O)c1ccccc1NC(=O)C1=C(C)OCCC1)C(C)C. The highest BCUT2D eigenvalue weighted by Gasteiger charge is 2.23. The highest BCUT2D eigenvalue weighted by atomic mass is 16.5. The number of hydrogen-bond donors (Lipinski definition) is 1. The van der Waals surface area contributed by atoms with E-state index >= 15 is 0 Å². The predicted octanol–water partition coefficient (Wildman–Crippen LogP) is 3.97. The molecular formula is C20H28N2O3. The van der Waals surface area contributed by atoms with Gasteiger partial charge in [0.05, 0.1) is 23.4 Å². The summed E-state index contributed by atoms with van der Waals surface area (Å²) in [5, 5.41) is 2.90. The van der Waals surface area contributed by atoms with Gasteiger partial charge in [-0.25, -0.2) is 0 Å². The van der Waals surface area contributed by atoms with Crippen LogP contribution in [0.2, 0.25) is 0 Å². The van der Waals surface area contributed by atoms with Gasteiger partial charge in [-0.3, -0.25) is 9.59 Å². The van der Waals surface area contributed by atoms with Crippen molar-refractivity contribution in [3.63, 3.8) is 0 Å². The van der Waals surface area contributed by atoms with Crippen molar-refractivity contribution in [3.05, 3.63) is 41.2 Å². The Labute approximate surface area is 150 Å². The number of benzene rings is 1. The molecule has 1 aliphatic rings. The van der Waals surface area contributed by atoms with Gasteiger partial charge in [0.25, 0.3) is 11.8 Å². The van der Waals surface area contributed by atoms with Crippen LogP contribution in [0.25, 0.3) is 0 Å². The molecule has 0 radical (unpaired) electrons. The predicted molar refractivity (Wildman–Crippen MR) is 99.4 cm³/mol. The zero-order valence-corrected chi connectivity index (χ0v) is 15.6. The van der Waals surface area contributed by atoms with E-state index in [0.717, 1.165) is 12.8 Å². The number of para-hydroxylation sites is 1. The third-order valence-electron chi connectivity index (χ3n) is 4.34. The van der Waals surface area contributed by atoms with E-state index < -0.39 is 0 Å². The van der Waals surface area contributed by atoms with Crippen LogP contribution >= 0.6 is 0 Å². The molecule has 1 aromatic rings. The Hall–Kier alpha value is -2.30. The lowest BCUT2D eigenvalue weighted by molar-refractivity contribution is -0.113. The van der Waals surface area contributed by atoms with E-state index in [-0.39, 0.29) is 17.9 Å². The number of rotatable bonds is 6. The molecule has 1 aromatic carbocycles. The summed E-state index contributed by atoms with van der Waals surface area (Å²) in [6.45, 7) is 9.21. The quantitative estimate of drug-likeness (QED) is 0.849. The fourth-order valence-electron chi connectivity index (χ4n) is 2.98. The Morgan fingerprint density at radius 3 is 2.64 bits per heavy atom. The number of anilines is 1. The topological polar surface area (TPSA) is 58.6 Å². The summed E-state index contributed by atoms with van der Waals surface area (Å²) in [5.41, 5.74) is 1.72. The molecule has 0 spiro atoms. The van der Waals surface area contributed by atoms with E-state index in [0.29, 0.717) is 42.2 Å². The molecule has 1 N–H and O–H groups in total. The van der Waals surface area contributed by atoms with Gasteiger partial charge in [-0.1, -0.05) is 19.1 Å². The molecule has 0 fully saturated rings. The Morgan fingerprint density at radius 2 is 2.00 bits per heavy atom. The van der Waals surface area contributed by atoms with E-state index in [4.69, 9.17) is 4.74 Å². The summed E-state index contributed by atoms with van der Waals surface area (Å²) in [4.78, 5) is 27.4. The Morgan fingerprint density at radius 1 is 1.28 bits per heavy atom. The van der Waals surface area contributed by atoms with Gasteiger partial charge < -0.3 is 15.0 Å². The number of allylic oxidation sites excluding steroid dienone is 1. The number of hydrogen-bond acceptors (Lipinski definition) is 3. The molecule has 2 amide bonds. The first-order chi connectivity index (χ1) is 12.0. The van der Waals surface area contributed by atoms with Crippen LogP contribution in [0.4, 0.5) is 5.69 Å². The minimum absolute atomic E-state index is 0.0571. The van der Waals surface area contributed by atoms with Crippen molar-refractivity contribution in [2.45, 2.75) is 53.0 Å². The van der Waals surface area contributed by atoms with Crippen LogP contribution in [-0.4, -0.2) is 35.9 Å². The van der Waals surface area contributed by atoms with Crippen molar-refractivity contribution in [2.24, 2.45) is 0 Å². The van der Waals surface area contributed by atoms with E-state index in [9.17, 15) is 9.59 Å². The first-order valence-corrected chi connectivity index (χ1v) is 8.99. The molecule has 0 unspecified atom stereocenters. The molecule has 0 saturated carbocycles. The van der Waals surface area contributed by atoms with E-state index in [2.05, 4.69) is 12.2 Å². The van der Waals surface area contributed by atoms with Gasteiger partial charge in [-0.2, -0.15) is 0 Å². The van der Waals surface area contributed by atoms with Gasteiger partial charge in [0.1, 0.15) is 5.76 Å². The molecule has 0 saturated heterocycles. The molecule has 0 atom stereocenters. The van der Waals surface area contributed by atoms with Crippen LogP contribution in [0.3, 0.4) is 0 Å². The first kappa shape index (κ1) is 19.0. The Kier molecular flexibility index (Phi) is 6.62. The highest BCUT2D eigenvalue weighted by molar-refractivity contribution is 6.08. The second-order valence-electron chi connectivity index (χ2n) is 6.58. The van der Waals surface area contributed by atoms with Crippen LogP contribution in [0.1, 0.15) is 57.3 Å². The molecule has 136 valence electrons. The van der Waals surface area contributed by atoms with Gasteiger partial charge in [0.2, 0.25) is 0 Å². The number of ether oxygens (including phenoxy) is 1. The van der Waals surface area contributed by atoms with Crippen molar-refractivity contribution in [2.75, 3.05) is 18.5 Å². The smallest absolute Gasteiger partial charge is 0.256 e. The molecule has 25 heavy (non-hydrogen) atoms. The summed E-state index contributed by atoms with van der Waals surface area (Å²) in [6.07, 6.45) is 2.42. The lowest BCUT2D eigenvalue weighted by atomic mass is 10.1. The first-order valence-electron chi connectivity index (χ1n) is 8.99. The lowest BCUT2D eigenvalue weighted by Crippen LogP contribution is -2.38. The fraction of sp³-hybridized carbons (Fsp3) is 0.500. The van der Waals surface area contributed by atoms with Crippen LogP contribution in [0, 0.1) is 0 Å². The van der Waals surface area contributed by atoms with Crippen molar-refractivity contribution < 1.29 is 14.3 Å². The summed E-state index contributed by atoms with van der Waals surface area (Å²) in [6, 6.07) is 7.29. The molecule has 0 aliphatic carbocycles. The van der Waals surface area contributed by atoms with Gasteiger partial charge in [0, 0.05) is 12.6 Å². The summed E-state index contributed by atoms with van der Waals surface area (Å²) in [5.74, 6) is 0.421. The van der Waals surface area contributed by atoms with Gasteiger partial charge >= 0.3 is 0 Å². The maximum atomic E-state index is 13.0. The van der Waals surface area contributed by atoms with Crippen molar-refractivity contribution in [1.29, 1.82) is 0 Å². The summed E-state index contributed by atoms with van der Waals surface area (Å²) in [7, 11) is 0. The molecule has 1 aliphatic heterocycles. The second-order valence-corrected chi connectivity index (χ2v) is 6.58. The van der Waals surface area contributed by atoms with Crippen LogP contribution in [-0.2, 0) is 9.53 Å². The van der Waals surface area contributed by atoms with E-state index in [1.54, 1.807) is 12.1 Å². The fourth-order valence-corrected chi connectivity index (χ4v) is 2.98. The van der Waals surface area contributed by atoms with Crippen LogP contribution in [0.5, 0.6) is 0 Å². The molecule has 1 heterocycles. The van der Waals surface area contributed by atoms with Crippen molar-refractivity contribution >= 4 is 17.5 Å². The van der Waals surface area contributed by atoms with Crippen molar-refractivity contribution in [1.82, 2.24) is 4.90 Å². The summed E-state index contributed by atoms with van der Waals surface area (Å²) >= 11 is 0. The van der Waals surface area contributed by atoms with Crippen LogP contribution < -0.4 is 5.32 Å². The molecule has 2 rings (SSSR count). The van der Waals surface area contributed by atoms with Crippen LogP contribution in [0.15, 0.2) is 35.6 Å². The molecule has 0 aromatic heterocycles. The third-order valence-corrected chi connectivity index (χ3v) is 4.34. The van der Waals surface area contributed by atoms with Crippen molar-refractivity contribution in [3.8, 4) is 0 Å². The van der Waals surface area contributed by atoms with Gasteiger partial charge in [-0.05, 0) is 52.2 Å². The second kappa shape index (κ2) is 8.70. The van der Waals surface area contributed by atoms with E-state index in [1.807, 2.05) is 37.8 Å². The molecule has 5 heteroatoms. The number of nitrogens with zero attached hydrogens (tertiary/aromatic N) is 1. The average molecular weight is 344 g/mol.